The Balaban J connectivity index is 3.21. The molecule has 0 heterocycles. The zero-order valence-electron chi connectivity index (χ0n) is 10.5. The molecule has 1 rings (SSSR count). The third-order valence-electron chi connectivity index (χ3n) is 3.40. The Kier molecular flexibility index (Phi) is 4.22. The molecule has 0 aliphatic heterocycles. The van der Waals surface area contributed by atoms with Crippen LogP contribution in [0.3, 0.4) is 0 Å². The first kappa shape index (κ1) is 13.3. The fourth-order valence-corrected chi connectivity index (χ4v) is 1.96. The van der Waals surface area contributed by atoms with Crippen LogP contribution in [-0.4, -0.2) is 12.6 Å². The average molecular weight is 241 g/mol. The van der Waals surface area contributed by atoms with E-state index in [-0.39, 0.29) is 5.54 Å². The van der Waals surface area contributed by atoms with Gasteiger partial charge in [0.2, 0.25) is 0 Å². The number of para-hydroxylation sites is 1. The molecule has 0 radical (unpaired) electrons. The lowest BCUT2D eigenvalue weighted by Crippen LogP contribution is -2.41. The van der Waals surface area contributed by atoms with Crippen molar-refractivity contribution in [3.05, 3.63) is 28.8 Å². The van der Waals surface area contributed by atoms with Gasteiger partial charge in [0.25, 0.3) is 0 Å². The van der Waals surface area contributed by atoms with Crippen molar-refractivity contribution in [3.8, 4) is 0 Å². The minimum atomic E-state index is 0.0783. The van der Waals surface area contributed by atoms with Crippen LogP contribution >= 0.6 is 11.6 Å². The minimum Gasteiger partial charge on any atom is -0.368 e. The monoisotopic (exact) mass is 240 g/mol. The summed E-state index contributed by atoms with van der Waals surface area (Å²) in [6.07, 6.45) is 1.05. The molecule has 0 saturated carbocycles. The van der Waals surface area contributed by atoms with Crippen molar-refractivity contribution in [1.29, 1.82) is 0 Å². The SMILES string of the molecule is CCC(C)(C)N(C)c1c(Cl)cccc1CN. The number of rotatable bonds is 4. The Bertz CT molecular complexity index is 361. The van der Waals surface area contributed by atoms with Crippen LogP contribution in [0.4, 0.5) is 5.69 Å². The van der Waals surface area contributed by atoms with Crippen molar-refractivity contribution >= 4 is 17.3 Å². The maximum absolute atomic E-state index is 6.27. The van der Waals surface area contributed by atoms with Gasteiger partial charge in [-0.2, -0.15) is 0 Å². The molecule has 2 nitrogen and oxygen atoms in total. The Morgan fingerprint density at radius 3 is 2.50 bits per heavy atom. The zero-order chi connectivity index (χ0) is 12.3. The molecule has 90 valence electrons. The highest BCUT2D eigenvalue weighted by molar-refractivity contribution is 6.33. The Morgan fingerprint density at radius 1 is 1.38 bits per heavy atom. The van der Waals surface area contributed by atoms with Gasteiger partial charge in [0.05, 0.1) is 10.7 Å². The quantitative estimate of drug-likeness (QED) is 0.874. The fourth-order valence-electron chi connectivity index (χ4n) is 1.64. The first-order valence-electron chi connectivity index (χ1n) is 5.65. The van der Waals surface area contributed by atoms with Gasteiger partial charge in [-0.05, 0) is 31.9 Å². The zero-order valence-corrected chi connectivity index (χ0v) is 11.3. The van der Waals surface area contributed by atoms with E-state index in [1.807, 2.05) is 18.2 Å². The summed E-state index contributed by atoms with van der Waals surface area (Å²) in [7, 11) is 2.07. The van der Waals surface area contributed by atoms with Gasteiger partial charge in [-0.3, -0.25) is 0 Å². The van der Waals surface area contributed by atoms with Crippen LogP contribution in [0.2, 0.25) is 5.02 Å². The van der Waals surface area contributed by atoms with Crippen molar-refractivity contribution < 1.29 is 0 Å². The van der Waals surface area contributed by atoms with E-state index < -0.39 is 0 Å². The predicted octanol–water partition coefficient (Wildman–Crippen LogP) is 3.42. The van der Waals surface area contributed by atoms with Crippen molar-refractivity contribution in [2.24, 2.45) is 5.73 Å². The smallest absolute Gasteiger partial charge is 0.0642 e. The number of nitrogens with zero attached hydrogens (tertiary/aromatic N) is 1. The molecule has 0 unspecified atom stereocenters. The second kappa shape index (κ2) is 5.07. The van der Waals surface area contributed by atoms with Gasteiger partial charge >= 0.3 is 0 Å². The third kappa shape index (κ3) is 2.50. The fraction of sp³-hybridized carbons (Fsp3) is 0.538. The molecular weight excluding hydrogens is 220 g/mol. The highest BCUT2D eigenvalue weighted by Crippen LogP contribution is 2.34. The molecule has 0 amide bonds. The summed E-state index contributed by atoms with van der Waals surface area (Å²) in [5, 5.41) is 0.770. The summed E-state index contributed by atoms with van der Waals surface area (Å²) in [6.45, 7) is 7.10. The highest BCUT2D eigenvalue weighted by atomic mass is 35.5. The maximum atomic E-state index is 6.27. The van der Waals surface area contributed by atoms with E-state index in [9.17, 15) is 0 Å². The first-order chi connectivity index (χ1) is 7.44. The summed E-state index contributed by atoms with van der Waals surface area (Å²) < 4.78 is 0. The van der Waals surface area contributed by atoms with Crippen LogP contribution in [0.1, 0.15) is 32.8 Å². The normalized spacial score (nSPS) is 11.6. The Morgan fingerprint density at radius 2 is 2.00 bits per heavy atom. The van der Waals surface area contributed by atoms with E-state index in [4.69, 9.17) is 17.3 Å². The highest BCUT2D eigenvalue weighted by Gasteiger charge is 2.24. The molecule has 0 aliphatic carbocycles. The van der Waals surface area contributed by atoms with Crippen molar-refractivity contribution in [2.45, 2.75) is 39.3 Å². The number of hydrogen-bond acceptors (Lipinski definition) is 2. The molecule has 16 heavy (non-hydrogen) atoms. The minimum absolute atomic E-state index is 0.0783. The van der Waals surface area contributed by atoms with E-state index in [1.54, 1.807) is 0 Å². The van der Waals surface area contributed by atoms with Crippen LogP contribution < -0.4 is 10.6 Å². The number of benzene rings is 1. The summed E-state index contributed by atoms with van der Waals surface area (Å²) in [5.74, 6) is 0. The predicted molar refractivity (Wildman–Crippen MR) is 72.1 cm³/mol. The van der Waals surface area contributed by atoms with E-state index in [2.05, 4.69) is 32.7 Å². The van der Waals surface area contributed by atoms with E-state index >= 15 is 0 Å². The van der Waals surface area contributed by atoms with Crippen LogP contribution in [-0.2, 0) is 6.54 Å². The largest absolute Gasteiger partial charge is 0.368 e. The van der Waals surface area contributed by atoms with Gasteiger partial charge in [0.1, 0.15) is 0 Å². The van der Waals surface area contributed by atoms with Crippen molar-refractivity contribution in [3.63, 3.8) is 0 Å². The summed E-state index contributed by atoms with van der Waals surface area (Å²) in [5.41, 5.74) is 7.98. The van der Waals surface area contributed by atoms with Crippen molar-refractivity contribution in [2.75, 3.05) is 11.9 Å². The van der Waals surface area contributed by atoms with Crippen LogP contribution in [0.25, 0.3) is 0 Å². The van der Waals surface area contributed by atoms with Gasteiger partial charge in [-0.25, -0.2) is 0 Å². The van der Waals surface area contributed by atoms with Crippen LogP contribution in [0, 0.1) is 0 Å². The first-order valence-corrected chi connectivity index (χ1v) is 6.03. The van der Waals surface area contributed by atoms with Crippen LogP contribution in [0.5, 0.6) is 0 Å². The molecule has 0 aromatic heterocycles. The van der Waals surface area contributed by atoms with Gasteiger partial charge < -0.3 is 10.6 Å². The van der Waals surface area contributed by atoms with Gasteiger partial charge in [0.15, 0.2) is 0 Å². The summed E-state index contributed by atoms with van der Waals surface area (Å²) in [6, 6.07) is 5.89. The lowest BCUT2D eigenvalue weighted by atomic mass is 9.98. The molecule has 0 aliphatic rings. The molecule has 0 bridgehead atoms. The summed E-state index contributed by atoms with van der Waals surface area (Å²) in [4.78, 5) is 2.22. The van der Waals surface area contributed by atoms with Crippen LogP contribution in [0.15, 0.2) is 18.2 Å². The topological polar surface area (TPSA) is 29.3 Å². The van der Waals surface area contributed by atoms with Gasteiger partial charge in [0, 0.05) is 19.1 Å². The second-order valence-corrected chi connectivity index (χ2v) is 5.08. The molecule has 0 atom stereocenters. The van der Waals surface area contributed by atoms with Gasteiger partial charge in [-0.1, -0.05) is 30.7 Å². The second-order valence-electron chi connectivity index (χ2n) is 4.68. The molecule has 0 spiro atoms. The molecule has 2 N–H and O–H groups in total. The number of anilines is 1. The van der Waals surface area contributed by atoms with E-state index in [1.165, 1.54) is 0 Å². The Hall–Kier alpha value is -0.730. The molecule has 0 saturated heterocycles. The molecule has 0 fully saturated rings. The lowest BCUT2D eigenvalue weighted by Gasteiger charge is -2.38. The number of hydrogen-bond donors (Lipinski definition) is 1. The molecule has 1 aromatic carbocycles. The van der Waals surface area contributed by atoms with E-state index in [0.717, 1.165) is 22.7 Å². The van der Waals surface area contributed by atoms with E-state index in [0.29, 0.717) is 6.54 Å². The third-order valence-corrected chi connectivity index (χ3v) is 3.70. The number of halogens is 1. The lowest BCUT2D eigenvalue weighted by molar-refractivity contribution is 0.470. The Labute approximate surface area is 103 Å². The number of nitrogens with two attached hydrogens (primary N) is 1. The summed E-state index contributed by atoms with van der Waals surface area (Å²) >= 11 is 6.27. The maximum Gasteiger partial charge on any atom is 0.0642 e. The van der Waals surface area contributed by atoms with Gasteiger partial charge in [-0.15, -0.1) is 0 Å². The van der Waals surface area contributed by atoms with Crippen molar-refractivity contribution in [1.82, 2.24) is 0 Å². The average Bonchev–Trinajstić information content (AvgIpc) is 2.27. The standard InChI is InChI=1S/C13H21ClN2/c1-5-13(2,3)16(4)12-10(9-15)7-6-8-11(12)14/h6-8H,5,9,15H2,1-4H3. The molecule has 1 aromatic rings. The molecular formula is C13H21ClN2. The molecule has 3 heteroatoms.